The van der Waals surface area contributed by atoms with E-state index in [-0.39, 0.29) is 17.9 Å². The monoisotopic (exact) mass is 444 g/mol. The second-order valence-corrected chi connectivity index (χ2v) is 8.73. The molecule has 0 spiro atoms. The van der Waals surface area contributed by atoms with Crippen LogP contribution in [0.15, 0.2) is 66.7 Å². The SMILES string of the molecule is CCOc1ccc(-n2nc3ccc(NC(=O)COc4ccc(C(C)(C)C)cc4)cc3n2)cc1. The minimum absolute atomic E-state index is 0.0727. The maximum Gasteiger partial charge on any atom is 0.262 e. The van der Waals surface area contributed by atoms with Gasteiger partial charge in [-0.1, -0.05) is 32.9 Å². The van der Waals surface area contributed by atoms with E-state index in [0.29, 0.717) is 23.6 Å². The van der Waals surface area contributed by atoms with Gasteiger partial charge in [-0.3, -0.25) is 4.79 Å². The Kier molecular flexibility index (Phi) is 6.31. The molecule has 1 heterocycles. The lowest BCUT2D eigenvalue weighted by Crippen LogP contribution is -2.20. The number of nitrogens with zero attached hydrogens (tertiary/aromatic N) is 3. The molecule has 7 nitrogen and oxygen atoms in total. The number of ether oxygens (including phenoxy) is 2. The number of fused-ring (bicyclic) bond motifs is 1. The van der Waals surface area contributed by atoms with Gasteiger partial charge in [0.05, 0.1) is 12.3 Å². The van der Waals surface area contributed by atoms with Crippen molar-refractivity contribution in [1.82, 2.24) is 15.0 Å². The highest BCUT2D eigenvalue weighted by Crippen LogP contribution is 2.24. The Hall–Kier alpha value is -3.87. The number of nitrogens with one attached hydrogen (secondary N) is 1. The van der Waals surface area contributed by atoms with E-state index in [0.717, 1.165) is 17.0 Å². The molecule has 0 saturated carbocycles. The fourth-order valence-electron chi connectivity index (χ4n) is 3.35. The van der Waals surface area contributed by atoms with Crippen molar-refractivity contribution in [1.29, 1.82) is 0 Å². The van der Waals surface area contributed by atoms with Gasteiger partial charge in [-0.05, 0) is 72.5 Å². The average Bonchev–Trinajstić information content (AvgIpc) is 3.21. The highest BCUT2D eigenvalue weighted by molar-refractivity contribution is 5.93. The zero-order valence-corrected chi connectivity index (χ0v) is 19.3. The van der Waals surface area contributed by atoms with Gasteiger partial charge in [0, 0.05) is 5.69 Å². The zero-order valence-electron chi connectivity index (χ0n) is 19.3. The van der Waals surface area contributed by atoms with E-state index in [1.807, 2.05) is 61.5 Å². The van der Waals surface area contributed by atoms with Gasteiger partial charge in [0.1, 0.15) is 22.5 Å². The number of benzene rings is 3. The van der Waals surface area contributed by atoms with Gasteiger partial charge in [0.15, 0.2) is 6.61 Å². The van der Waals surface area contributed by atoms with E-state index >= 15 is 0 Å². The van der Waals surface area contributed by atoms with Crippen molar-refractivity contribution in [2.45, 2.75) is 33.1 Å². The molecule has 0 atom stereocenters. The van der Waals surface area contributed by atoms with Crippen molar-refractivity contribution in [2.75, 3.05) is 18.5 Å². The number of hydrogen-bond donors (Lipinski definition) is 1. The molecule has 0 fully saturated rings. The Morgan fingerprint density at radius 1 is 0.879 bits per heavy atom. The van der Waals surface area contributed by atoms with E-state index in [1.54, 1.807) is 16.9 Å². The highest BCUT2D eigenvalue weighted by atomic mass is 16.5. The molecule has 0 aliphatic heterocycles. The van der Waals surface area contributed by atoms with E-state index in [9.17, 15) is 4.79 Å². The van der Waals surface area contributed by atoms with Gasteiger partial charge >= 0.3 is 0 Å². The summed E-state index contributed by atoms with van der Waals surface area (Å²) >= 11 is 0. The quantitative estimate of drug-likeness (QED) is 0.427. The molecule has 0 aliphatic carbocycles. The van der Waals surface area contributed by atoms with Gasteiger partial charge in [0.25, 0.3) is 5.91 Å². The number of amides is 1. The topological polar surface area (TPSA) is 78.3 Å². The summed E-state index contributed by atoms with van der Waals surface area (Å²) in [6, 6.07) is 20.8. The predicted octanol–water partition coefficient (Wildman–Crippen LogP) is 5.13. The number of rotatable bonds is 7. The van der Waals surface area contributed by atoms with E-state index in [2.05, 4.69) is 36.3 Å². The number of anilines is 1. The summed E-state index contributed by atoms with van der Waals surface area (Å²) < 4.78 is 11.1. The van der Waals surface area contributed by atoms with Crippen LogP contribution in [0.2, 0.25) is 0 Å². The molecule has 0 saturated heterocycles. The summed E-state index contributed by atoms with van der Waals surface area (Å²) in [5.74, 6) is 1.22. The molecule has 170 valence electrons. The molecule has 0 radical (unpaired) electrons. The molecular formula is C26H28N4O3. The smallest absolute Gasteiger partial charge is 0.262 e. The number of carbonyl (C=O) groups excluding carboxylic acids is 1. The van der Waals surface area contributed by atoms with Crippen LogP contribution in [0.3, 0.4) is 0 Å². The second kappa shape index (κ2) is 9.32. The van der Waals surface area contributed by atoms with Crippen LogP contribution in [0.5, 0.6) is 11.5 Å². The Morgan fingerprint density at radius 3 is 2.18 bits per heavy atom. The van der Waals surface area contributed by atoms with Crippen LogP contribution in [0.4, 0.5) is 5.69 Å². The van der Waals surface area contributed by atoms with Crippen molar-refractivity contribution in [3.63, 3.8) is 0 Å². The third-order valence-corrected chi connectivity index (χ3v) is 5.13. The predicted molar refractivity (Wildman–Crippen MR) is 129 cm³/mol. The first-order valence-electron chi connectivity index (χ1n) is 11.0. The number of carbonyl (C=O) groups is 1. The molecular weight excluding hydrogens is 416 g/mol. The molecule has 1 amide bonds. The molecule has 0 bridgehead atoms. The lowest BCUT2D eigenvalue weighted by atomic mass is 9.87. The lowest BCUT2D eigenvalue weighted by Gasteiger charge is -2.19. The number of aromatic nitrogens is 3. The number of hydrogen-bond acceptors (Lipinski definition) is 5. The van der Waals surface area contributed by atoms with Crippen LogP contribution < -0.4 is 14.8 Å². The summed E-state index contributed by atoms with van der Waals surface area (Å²) in [5.41, 5.74) is 4.16. The van der Waals surface area contributed by atoms with E-state index in [4.69, 9.17) is 9.47 Å². The third-order valence-electron chi connectivity index (χ3n) is 5.13. The fourth-order valence-corrected chi connectivity index (χ4v) is 3.35. The lowest BCUT2D eigenvalue weighted by molar-refractivity contribution is -0.118. The molecule has 0 aliphatic rings. The molecule has 0 unspecified atom stereocenters. The third kappa shape index (κ3) is 5.49. The molecule has 7 heteroatoms. The fraction of sp³-hybridized carbons (Fsp3) is 0.269. The maximum absolute atomic E-state index is 12.4. The van der Waals surface area contributed by atoms with Gasteiger partial charge in [-0.25, -0.2) is 0 Å². The summed E-state index contributed by atoms with van der Waals surface area (Å²) in [4.78, 5) is 13.9. The van der Waals surface area contributed by atoms with Gasteiger partial charge in [-0.15, -0.1) is 10.2 Å². The molecule has 3 aromatic carbocycles. The zero-order chi connectivity index (χ0) is 23.4. The Labute approximate surface area is 193 Å². The molecule has 4 aromatic rings. The summed E-state index contributed by atoms with van der Waals surface area (Å²) in [6.07, 6.45) is 0. The van der Waals surface area contributed by atoms with Crippen molar-refractivity contribution >= 4 is 22.6 Å². The largest absolute Gasteiger partial charge is 0.494 e. The maximum atomic E-state index is 12.4. The second-order valence-electron chi connectivity index (χ2n) is 8.73. The van der Waals surface area contributed by atoms with Crippen LogP contribution in [0.1, 0.15) is 33.3 Å². The van der Waals surface area contributed by atoms with Crippen LogP contribution in [0, 0.1) is 0 Å². The highest BCUT2D eigenvalue weighted by Gasteiger charge is 2.13. The molecule has 4 rings (SSSR count). The van der Waals surface area contributed by atoms with Crippen LogP contribution in [0.25, 0.3) is 16.7 Å². The summed E-state index contributed by atoms with van der Waals surface area (Å²) in [5, 5.41) is 11.9. The molecule has 1 aromatic heterocycles. The Balaban J connectivity index is 1.38. The normalized spacial score (nSPS) is 11.4. The molecule has 1 N–H and O–H groups in total. The van der Waals surface area contributed by atoms with Crippen molar-refractivity contribution < 1.29 is 14.3 Å². The summed E-state index contributed by atoms with van der Waals surface area (Å²) in [6.45, 7) is 8.96. The molecule has 33 heavy (non-hydrogen) atoms. The first-order valence-corrected chi connectivity index (χ1v) is 11.0. The van der Waals surface area contributed by atoms with Gasteiger partial charge < -0.3 is 14.8 Å². The van der Waals surface area contributed by atoms with Crippen molar-refractivity contribution in [3.8, 4) is 17.2 Å². The van der Waals surface area contributed by atoms with E-state index in [1.165, 1.54) is 5.56 Å². The van der Waals surface area contributed by atoms with Gasteiger partial charge in [0.2, 0.25) is 0 Å². The standard InChI is InChI=1S/C26H28N4O3/c1-5-32-21-13-9-20(10-14-21)30-28-23-15-8-19(16-24(23)29-30)27-25(31)17-33-22-11-6-18(7-12-22)26(2,3)4/h6-16H,5,17H2,1-4H3,(H,27,31). The first kappa shape index (κ1) is 22.3. The van der Waals surface area contributed by atoms with E-state index < -0.39 is 0 Å². The van der Waals surface area contributed by atoms with Crippen molar-refractivity contribution in [2.24, 2.45) is 0 Å². The minimum Gasteiger partial charge on any atom is -0.494 e. The van der Waals surface area contributed by atoms with Crippen molar-refractivity contribution in [3.05, 3.63) is 72.3 Å². The Morgan fingerprint density at radius 2 is 1.52 bits per heavy atom. The van der Waals surface area contributed by atoms with Crippen LogP contribution >= 0.6 is 0 Å². The average molecular weight is 445 g/mol. The first-order chi connectivity index (χ1) is 15.8. The van der Waals surface area contributed by atoms with Gasteiger partial charge in [-0.2, -0.15) is 4.80 Å². The van der Waals surface area contributed by atoms with Crippen LogP contribution in [-0.4, -0.2) is 34.1 Å². The Bertz CT molecular complexity index is 1240. The summed E-state index contributed by atoms with van der Waals surface area (Å²) in [7, 11) is 0. The van der Waals surface area contributed by atoms with Crippen LogP contribution in [-0.2, 0) is 10.2 Å². The minimum atomic E-state index is -0.242.